The Labute approximate surface area is 164 Å². The highest BCUT2D eigenvalue weighted by Gasteiger charge is 2.32. The van der Waals surface area contributed by atoms with Crippen LogP contribution in [0.3, 0.4) is 0 Å². The van der Waals surface area contributed by atoms with Crippen molar-refractivity contribution in [3.63, 3.8) is 0 Å². The molecule has 0 unspecified atom stereocenters. The molecule has 1 fully saturated rings. The topological polar surface area (TPSA) is 77.8 Å². The van der Waals surface area contributed by atoms with Crippen molar-refractivity contribution in [1.82, 2.24) is 29.4 Å². The van der Waals surface area contributed by atoms with Crippen LogP contribution in [-0.2, 0) is 19.6 Å². The monoisotopic (exact) mass is 383 g/mol. The summed E-state index contributed by atoms with van der Waals surface area (Å²) in [5.74, 6) is 2.23. The molecule has 2 heterocycles. The van der Waals surface area contributed by atoms with Crippen molar-refractivity contribution in [2.24, 2.45) is 5.73 Å². The zero-order valence-corrected chi connectivity index (χ0v) is 16.3. The lowest BCUT2D eigenvalue weighted by molar-refractivity contribution is 0.299. The first-order valence-electron chi connectivity index (χ1n) is 9.69. The molecule has 0 aliphatic heterocycles. The number of rotatable bonds is 7. The van der Waals surface area contributed by atoms with Gasteiger partial charge in [0, 0.05) is 36.8 Å². The second kappa shape index (κ2) is 7.81. The molecule has 7 nitrogen and oxygen atoms in total. The van der Waals surface area contributed by atoms with Crippen LogP contribution in [0.25, 0.3) is 5.69 Å². The van der Waals surface area contributed by atoms with Gasteiger partial charge in [0.25, 0.3) is 0 Å². The van der Waals surface area contributed by atoms with E-state index < -0.39 is 0 Å². The SMILES string of the molecule is CCn1c(CN(C)Cc2cnn(-c3ccc(F)cc3)c2)nnc1C1CC(N)C1. The van der Waals surface area contributed by atoms with Crippen LogP contribution in [0, 0.1) is 5.82 Å². The predicted molar refractivity (Wildman–Crippen MR) is 104 cm³/mol. The van der Waals surface area contributed by atoms with Gasteiger partial charge in [0.15, 0.2) is 0 Å². The van der Waals surface area contributed by atoms with Crippen LogP contribution in [0.4, 0.5) is 4.39 Å². The normalized spacial score (nSPS) is 19.2. The Hall–Kier alpha value is -2.58. The molecule has 2 aromatic heterocycles. The minimum Gasteiger partial charge on any atom is -0.328 e. The molecule has 3 aromatic rings. The number of halogens is 1. The maximum atomic E-state index is 13.1. The van der Waals surface area contributed by atoms with E-state index in [9.17, 15) is 4.39 Å². The molecular formula is C20H26FN7. The Morgan fingerprint density at radius 3 is 2.61 bits per heavy atom. The summed E-state index contributed by atoms with van der Waals surface area (Å²) in [5, 5.41) is 13.3. The van der Waals surface area contributed by atoms with Gasteiger partial charge in [-0.2, -0.15) is 5.10 Å². The summed E-state index contributed by atoms with van der Waals surface area (Å²) in [6, 6.07) is 6.61. The van der Waals surface area contributed by atoms with Gasteiger partial charge in [-0.3, -0.25) is 4.90 Å². The first-order valence-corrected chi connectivity index (χ1v) is 9.69. The zero-order valence-electron chi connectivity index (χ0n) is 16.3. The lowest BCUT2D eigenvalue weighted by Crippen LogP contribution is -2.36. The van der Waals surface area contributed by atoms with E-state index in [0.29, 0.717) is 18.5 Å². The Kier molecular flexibility index (Phi) is 5.23. The first kappa shape index (κ1) is 18.8. The summed E-state index contributed by atoms with van der Waals surface area (Å²) in [4.78, 5) is 2.19. The Balaban J connectivity index is 1.41. The smallest absolute Gasteiger partial charge is 0.147 e. The minimum atomic E-state index is -0.251. The molecule has 1 aliphatic rings. The van der Waals surface area contributed by atoms with Crippen LogP contribution in [0.2, 0.25) is 0 Å². The maximum Gasteiger partial charge on any atom is 0.147 e. The molecule has 0 amide bonds. The molecule has 1 aliphatic carbocycles. The van der Waals surface area contributed by atoms with Crippen LogP contribution in [-0.4, -0.2) is 42.5 Å². The van der Waals surface area contributed by atoms with E-state index in [4.69, 9.17) is 5.73 Å². The molecule has 0 saturated heterocycles. The third-order valence-corrected chi connectivity index (χ3v) is 5.30. The number of benzene rings is 1. The van der Waals surface area contributed by atoms with Crippen molar-refractivity contribution in [3.8, 4) is 5.69 Å². The van der Waals surface area contributed by atoms with Crippen LogP contribution in [0.5, 0.6) is 0 Å². The highest BCUT2D eigenvalue weighted by Crippen LogP contribution is 2.34. The van der Waals surface area contributed by atoms with Crippen LogP contribution < -0.4 is 5.73 Å². The van der Waals surface area contributed by atoms with Gasteiger partial charge < -0.3 is 10.3 Å². The van der Waals surface area contributed by atoms with Gasteiger partial charge in [0.1, 0.15) is 17.5 Å². The summed E-state index contributed by atoms with van der Waals surface area (Å²) in [7, 11) is 2.06. The van der Waals surface area contributed by atoms with E-state index in [1.165, 1.54) is 12.1 Å². The van der Waals surface area contributed by atoms with Crippen molar-refractivity contribution in [2.45, 2.75) is 51.4 Å². The van der Waals surface area contributed by atoms with Gasteiger partial charge >= 0.3 is 0 Å². The van der Waals surface area contributed by atoms with E-state index in [0.717, 1.165) is 48.8 Å². The summed E-state index contributed by atoms with van der Waals surface area (Å²) in [6.07, 6.45) is 5.80. The van der Waals surface area contributed by atoms with Gasteiger partial charge in [0.2, 0.25) is 0 Å². The van der Waals surface area contributed by atoms with Crippen LogP contribution in [0.15, 0.2) is 36.7 Å². The molecule has 0 bridgehead atoms. The van der Waals surface area contributed by atoms with E-state index in [-0.39, 0.29) is 5.82 Å². The molecule has 1 saturated carbocycles. The molecule has 2 N–H and O–H groups in total. The van der Waals surface area contributed by atoms with Gasteiger partial charge in [-0.25, -0.2) is 9.07 Å². The third kappa shape index (κ3) is 3.83. The fraction of sp³-hybridized carbons (Fsp3) is 0.450. The van der Waals surface area contributed by atoms with E-state index in [1.54, 1.807) is 16.8 Å². The molecule has 8 heteroatoms. The van der Waals surface area contributed by atoms with Crippen LogP contribution >= 0.6 is 0 Å². The number of nitrogens with zero attached hydrogens (tertiary/aromatic N) is 6. The molecule has 0 radical (unpaired) electrons. The quantitative estimate of drug-likeness (QED) is 0.678. The van der Waals surface area contributed by atoms with Crippen LogP contribution in [0.1, 0.15) is 42.9 Å². The number of aromatic nitrogens is 5. The second-order valence-corrected chi connectivity index (χ2v) is 7.59. The second-order valence-electron chi connectivity index (χ2n) is 7.59. The summed E-state index contributed by atoms with van der Waals surface area (Å²) >= 11 is 0. The summed E-state index contributed by atoms with van der Waals surface area (Å²) in [5.41, 5.74) is 7.85. The summed E-state index contributed by atoms with van der Waals surface area (Å²) in [6.45, 7) is 4.43. The predicted octanol–water partition coefficient (Wildman–Crippen LogP) is 2.46. The average Bonchev–Trinajstić information content (AvgIpc) is 3.26. The lowest BCUT2D eigenvalue weighted by atomic mass is 9.80. The minimum absolute atomic E-state index is 0.251. The molecule has 1 aromatic carbocycles. The largest absolute Gasteiger partial charge is 0.328 e. The van der Waals surface area contributed by atoms with Gasteiger partial charge in [-0.05, 0) is 51.1 Å². The third-order valence-electron chi connectivity index (χ3n) is 5.30. The Bertz CT molecular complexity index is 924. The summed E-state index contributed by atoms with van der Waals surface area (Å²) < 4.78 is 17.1. The molecule has 148 valence electrons. The highest BCUT2D eigenvalue weighted by atomic mass is 19.1. The fourth-order valence-electron chi connectivity index (χ4n) is 3.77. The fourth-order valence-corrected chi connectivity index (χ4v) is 3.77. The molecule has 0 atom stereocenters. The zero-order chi connectivity index (χ0) is 19.7. The highest BCUT2D eigenvalue weighted by molar-refractivity contribution is 5.31. The maximum absolute atomic E-state index is 13.1. The molecule has 0 spiro atoms. The standard InChI is InChI=1S/C20H26FN7/c1-3-27-19(24-25-20(27)15-8-17(22)9-15)13-26(2)11-14-10-23-28(12-14)18-6-4-16(21)5-7-18/h4-7,10,12,15,17H,3,8-9,11,13,22H2,1-2H3. The van der Waals surface area contributed by atoms with Crippen molar-refractivity contribution >= 4 is 0 Å². The number of hydrogen-bond acceptors (Lipinski definition) is 5. The van der Waals surface area contributed by atoms with E-state index in [2.05, 4.69) is 38.7 Å². The lowest BCUT2D eigenvalue weighted by Gasteiger charge is -2.31. The van der Waals surface area contributed by atoms with E-state index >= 15 is 0 Å². The van der Waals surface area contributed by atoms with Crippen molar-refractivity contribution in [3.05, 3.63) is 59.7 Å². The average molecular weight is 383 g/mol. The number of nitrogens with two attached hydrogens (primary N) is 1. The van der Waals surface area contributed by atoms with Gasteiger partial charge in [0.05, 0.1) is 18.4 Å². The van der Waals surface area contributed by atoms with Crippen molar-refractivity contribution < 1.29 is 4.39 Å². The Morgan fingerprint density at radius 1 is 1.18 bits per heavy atom. The van der Waals surface area contributed by atoms with Crippen molar-refractivity contribution in [1.29, 1.82) is 0 Å². The Morgan fingerprint density at radius 2 is 1.93 bits per heavy atom. The first-order chi connectivity index (χ1) is 13.5. The van der Waals surface area contributed by atoms with Gasteiger partial charge in [-0.15, -0.1) is 10.2 Å². The molecule has 28 heavy (non-hydrogen) atoms. The molecular weight excluding hydrogens is 357 g/mol. The number of hydrogen-bond donors (Lipinski definition) is 1. The van der Waals surface area contributed by atoms with Crippen molar-refractivity contribution in [2.75, 3.05) is 7.05 Å². The van der Waals surface area contributed by atoms with Gasteiger partial charge in [-0.1, -0.05) is 0 Å². The molecule has 4 rings (SSSR count). The van der Waals surface area contributed by atoms with E-state index in [1.807, 2.05) is 12.4 Å².